The van der Waals surface area contributed by atoms with Crippen molar-refractivity contribution in [3.8, 4) is 11.5 Å². The van der Waals surface area contributed by atoms with Crippen molar-refractivity contribution in [1.82, 2.24) is 0 Å². The molecule has 0 N–H and O–H groups in total. The Morgan fingerprint density at radius 3 is 3.08 bits per heavy atom. The molecule has 1 aromatic rings. The number of hydrogen-bond donors (Lipinski definition) is 0. The van der Waals surface area contributed by atoms with E-state index in [0.717, 1.165) is 11.5 Å². The number of fused-ring (bicyclic) bond motifs is 1. The standard InChI is InChI=1S/C9H9ClO2/c1-6-5-11-9-4-7(10)2-3-8(9)12-6/h2-4,6H,5H2,1H3/t6-/m0/s1. The molecule has 64 valence electrons. The average molecular weight is 185 g/mol. The van der Waals surface area contributed by atoms with Gasteiger partial charge < -0.3 is 9.47 Å². The molecule has 1 aliphatic rings. The van der Waals surface area contributed by atoms with Crippen LogP contribution in [0.25, 0.3) is 0 Å². The van der Waals surface area contributed by atoms with Crippen LogP contribution >= 0.6 is 11.6 Å². The minimum Gasteiger partial charge on any atom is -0.486 e. The highest BCUT2D eigenvalue weighted by molar-refractivity contribution is 6.30. The van der Waals surface area contributed by atoms with Crippen LogP contribution in [0.2, 0.25) is 5.02 Å². The maximum atomic E-state index is 5.78. The first kappa shape index (κ1) is 7.74. The van der Waals surface area contributed by atoms with E-state index in [4.69, 9.17) is 21.1 Å². The first-order valence-corrected chi connectivity index (χ1v) is 4.22. The van der Waals surface area contributed by atoms with Crippen molar-refractivity contribution in [2.45, 2.75) is 13.0 Å². The van der Waals surface area contributed by atoms with E-state index in [1.165, 1.54) is 0 Å². The van der Waals surface area contributed by atoms with Crippen LogP contribution in [-0.2, 0) is 0 Å². The summed E-state index contributed by atoms with van der Waals surface area (Å²) in [5.41, 5.74) is 0. The molecule has 1 atom stereocenters. The molecule has 0 fully saturated rings. The maximum absolute atomic E-state index is 5.78. The lowest BCUT2D eigenvalue weighted by atomic mass is 10.3. The van der Waals surface area contributed by atoms with E-state index in [-0.39, 0.29) is 6.10 Å². The summed E-state index contributed by atoms with van der Waals surface area (Å²) in [5, 5.41) is 0.673. The van der Waals surface area contributed by atoms with Crippen LogP contribution in [0.3, 0.4) is 0 Å². The smallest absolute Gasteiger partial charge is 0.162 e. The molecule has 1 aromatic carbocycles. The zero-order valence-corrected chi connectivity index (χ0v) is 7.47. The molecule has 3 heteroatoms. The zero-order valence-electron chi connectivity index (χ0n) is 6.71. The first-order valence-electron chi connectivity index (χ1n) is 3.85. The van der Waals surface area contributed by atoms with Crippen LogP contribution in [0.5, 0.6) is 11.5 Å². The van der Waals surface area contributed by atoms with Gasteiger partial charge in [0.25, 0.3) is 0 Å². The average Bonchev–Trinajstić information content (AvgIpc) is 2.05. The molecule has 0 radical (unpaired) electrons. The molecule has 0 aliphatic carbocycles. The Bertz CT molecular complexity index is 299. The Kier molecular flexibility index (Phi) is 1.85. The lowest BCUT2D eigenvalue weighted by Gasteiger charge is -2.23. The Balaban J connectivity index is 2.37. The number of benzene rings is 1. The highest BCUT2D eigenvalue weighted by atomic mass is 35.5. The summed E-state index contributed by atoms with van der Waals surface area (Å²) in [6, 6.07) is 5.39. The molecule has 0 spiro atoms. The van der Waals surface area contributed by atoms with Gasteiger partial charge in [0.2, 0.25) is 0 Å². The van der Waals surface area contributed by atoms with Crippen LogP contribution in [-0.4, -0.2) is 12.7 Å². The van der Waals surface area contributed by atoms with Crippen molar-refractivity contribution < 1.29 is 9.47 Å². The monoisotopic (exact) mass is 184 g/mol. The predicted molar refractivity (Wildman–Crippen MR) is 47.0 cm³/mol. The molecule has 0 unspecified atom stereocenters. The van der Waals surface area contributed by atoms with Crippen LogP contribution in [0.4, 0.5) is 0 Å². The molecule has 0 amide bonds. The minimum absolute atomic E-state index is 0.124. The van der Waals surface area contributed by atoms with E-state index in [2.05, 4.69) is 0 Å². The normalized spacial score (nSPS) is 20.7. The Labute approximate surface area is 76.1 Å². The van der Waals surface area contributed by atoms with Gasteiger partial charge in [-0.25, -0.2) is 0 Å². The fourth-order valence-corrected chi connectivity index (χ4v) is 1.31. The molecular formula is C9H9ClO2. The molecule has 1 aliphatic heterocycles. The lowest BCUT2D eigenvalue weighted by Crippen LogP contribution is -2.25. The highest BCUT2D eigenvalue weighted by Crippen LogP contribution is 2.33. The van der Waals surface area contributed by atoms with E-state index < -0.39 is 0 Å². The molecule has 0 aromatic heterocycles. The van der Waals surface area contributed by atoms with Crippen molar-refractivity contribution in [2.24, 2.45) is 0 Å². The largest absolute Gasteiger partial charge is 0.486 e. The van der Waals surface area contributed by atoms with E-state index in [1.54, 1.807) is 12.1 Å². The second kappa shape index (κ2) is 2.87. The Morgan fingerprint density at radius 1 is 1.42 bits per heavy atom. The van der Waals surface area contributed by atoms with Crippen molar-refractivity contribution in [3.05, 3.63) is 23.2 Å². The summed E-state index contributed by atoms with van der Waals surface area (Å²) in [5.74, 6) is 1.51. The number of halogens is 1. The van der Waals surface area contributed by atoms with Crippen molar-refractivity contribution >= 4 is 11.6 Å². The summed E-state index contributed by atoms with van der Waals surface area (Å²) in [6.45, 7) is 2.56. The van der Waals surface area contributed by atoms with Gasteiger partial charge in [-0.05, 0) is 19.1 Å². The molecule has 0 saturated heterocycles. The van der Waals surface area contributed by atoms with Gasteiger partial charge in [-0.2, -0.15) is 0 Å². The maximum Gasteiger partial charge on any atom is 0.162 e. The summed E-state index contributed by atoms with van der Waals surface area (Å²) in [7, 11) is 0. The molecular weight excluding hydrogens is 176 g/mol. The fraction of sp³-hybridized carbons (Fsp3) is 0.333. The number of rotatable bonds is 0. The van der Waals surface area contributed by atoms with Gasteiger partial charge in [0, 0.05) is 11.1 Å². The molecule has 2 nitrogen and oxygen atoms in total. The first-order chi connectivity index (χ1) is 5.75. The van der Waals surface area contributed by atoms with Gasteiger partial charge in [-0.15, -0.1) is 0 Å². The van der Waals surface area contributed by atoms with Crippen LogP contribution < -0.4 is 9.47 Å². The van der Waals surface area contributed by atoms with Gasteiger partial charge in [-0.3, -0.25) is 0 Å². The SMILES string of the molecule is C[C@H]1COc2cc(Cl)ccc2O1. The van der Waals surface area contributed by atoms with Gasteiger partial charge in [0.15, 0.2) is 11.5 Å². The zero-order chi connectivity index (χ0) is 8.55. The minimum atomic E-state index is 0.124. The second-order valence-corrected chi connectivity index (χ2v) is 3.27. The van der Waals surface area contributed by atoms with Gasteiger partial charge in [-0.1, -0.05) is 11.6 Å². The number of ether oxygens (including phenoxy) is 2. The lowest BCUT2D eigenvalue weighted by molar-refractivity contribution is 0.104. The van der Waals surface area contributed by atoms with Gasteiger partial charge >= 0.3 is 0 Å². The third-order valence-corrected chi connectivity index (χ3v) is 1.94. The van der Waals surface area contributed by atoms with Gasteiger partial charge in [0.1, 0.15) is 12.7 Å². The Hall–Kier alpha value is -0.890. The molecule has 0 bridgehead atoms. The van der Waals surface area contributed by atoms with E-state index in [0.29, 0.717) is 11.6 Å². The summed E-state index contributed by atoms with van der Waals surface area (Å²) in [4.78, 5) is 0. The topological polar surface area (TPSA) is 18.5 Å². The van der Waals surface area contributed by atoms with Crippen LogP contribution in [0.1, 0.15) is 6.92 Å². The predicted octanol–water partition coefficient (Wildman–Crippen LogP) is 2.50. The summed E-state index contributed by atoms with van der Waals surface area (Å²) >= 11 is 5.78. The fourth-order valence-electron chi connectivity index (χ4n) is 1.15. The third-order valence-electron chi connectivity index (χ3n) is 1.71. The van der Waals surface area contributed by atoms with Crippen molar-refractivity contribution in [1.29, 1.82) is 0 Å². The van der Waals surface area contributed by atoms with Crippen LogP contribution in [0.15, 0.2) is 18.2 Å². The van der Waals surface area contributed by atoms with E-state index in [9.17, 15) is 0 Å². The van der Waals surface area contributed by atoms with Crippen LogP contribution in [0, 0.1) is 0 Å². The summed E-state index contributed by atoms with van der Waals surface area (Å²) < 4.78 is 10.9. The molecule has 1 heterocycles. The quantitative estimate of drug-likeness (QED) is 0.617. The molecule has 0 saturated carbocycles. The molecule has 12 heavy (non-hydrogen) atoms. The summed E-state index contributed by atoms with van der Waals surface area (Å²) in [6.07, 6.45) is 0.124. The molecule has 2 rings (SSSR count). The number of hydrogen-bond acceptors (Lipinski definition) is 2. The van der Waals surface area contributed by atoms with Gasteiger partial charge in [0.05, 0.1) is 0 Å². The highest BCUT2D eigenvalue weighted by Gasteiger charge is 2.16. The Morgan fingerprint density at radius 2 is 2.25 bits per heavy atom. The van der Waals surface area contributed by atoms with E-state index in [1.807, 2.05) is 13.0 Å². The van der Waals surface area contributed by atoms with Crippen molar-refractivity contribution in [3.63, 3.8) is 0 Å². The second-order valence-electron chi connectivity index (χ2n) is 2.83. The van der Waals surface area contributed by atoms with Crippen molar-refractivity contribution in [2.75, 3.05) is 6.61 Å². The van der Waals surface area contributed by atoms with E-state index >= 15 is 0 Å². The third kappa shape index (κ3) is 1.34.